The van der Waals surface area contributed by atoms with Gasteiger partial charge in [-0.15, -0.1) is 11.3 Å². The van der Waals surface area contributed by atoms with Crippen LogP contribution in [0, 0.1) is 11.7 Å². The maximum Gasteiger partial charge on any atom is 0.260 e. The molecule has 0 atom stereocenters. The maximum atomic E-state index is 14.0. The number of methoxy groups -OCH3 is 1. The van der Waals surface area contributed by atoms with Crippen molar-refractivity contribution >= 4 is 28.3 Å². The van der Waals surface area contributed by atoms with Crippen LogP contribution in [0.2, 0.25) is 0 Å². The standard InChI is InChI=1S/C24H24FN3O4S/c1-31-21-8-7-17(13-19(21)25)20-15-33-24(26-20)27-23(30)16-9-11-28(12-10-16)22(29)14-32-18-5-3-2-4-6-18/h2-8,13,15-16H,9-12,14H2,1H3,(H,26,27,30). The van der Waals surface area contributed by atoms with Crippen molar-refractivity contribution in [1.29, 1.82) is 0 Å². The van der Waals surface area contributed by atoms with Gasteiger partial charge in [-0.1, -0.05) is 18.2 Å². The molecule has 1 fully saturated rings. The van der Waals surface area contributed by atoms with Gasteiger partial charge in [0.15, 0.2) is 23.3 Å². The summed E-state index contributed by atoms with van der Waals surface area (Å²) in [6.07, 6.45) is 1.15. The van der Waals surface area contributed by atoms with E-state index >= 15 is 0 Å². The molecule has 1 aliphatic rings. The number of carbonyl (C=O) groups is 2. The summed E-state index contributed by atoms with van der Waals surface area (Å²) in [6, 6.07) is 13.8. The van der Waals surface area contributed by atoms with Gasteiger partial charge < -0.3 is 19.7 Å². The molecule has 3 aromatic rings. The Morgan fingerprint density at radius 1 is 1.18 bits per heavy atom. The minimum absolute atomic E-state index is 0.0191. The molecule has 0 saturated carbocycles. The van der Waals surface area contributed by atoms with E-state index in [0.29, 0.717) is 48.1 Å². The third-order valence-corrected chi connectivity index (χ3v) is 6.26. The normalized spacial score (nSPS) is 14.1. The fourth-order valence-corrected chi connectivity index (χ4v) is 4.36. The summed E-state index contributed by atoms with van der Waals surface area (Å²) in [6.45, 7) is 0.987. The number of para-hydroxylation sites is 1. The van der Waals surface area contributed by atoms with Crippen LogP contribution >= 0.6 is 11.3 Å². The van der Waals surface area contributed by atoms with Crippen LogP contribution in [0.1, 0.15) is 12.8 Å². The molecule has 33 heavy (non-hydrogen) atoms. The van der Waals surface area contributed by atoms with Crippen molar-refractivity contribution < 1.29 is 23.5 Å². The molecule has 0 aliphatic carbocycles. The first-order valence-corrected chi connectivity index (χ1v) is 11.5. The van der Waals surface area contributed by atoms with Crippen molar-refractivity contribution in [3.05, 3.63) is 59.7 Å². The van der Waals surface area contributed by atoms with E-state index in [1.807, 2.05) is 18.2 Å². The second-order valence-corrected chi connectivity index (χ2v) is 8.49. The molecule has 4 rings (SSSR count). The predicted molar refractivity (Wildman–Crippen MR) is 124 cm³/mol. The molecule has 1 aliphatic heterocycles. The van der Waals surface area contributed by atoms with Crippen LogP contribution in [0.15, 0.2) is 53.9 Å². The minimum atomic E-state index is -0.468. The van der Waals surface area contributed by atoms with Crippen LogP contribution in [0.25, 0.3) is 11.3 Å². The minimum Gasteiger partial charge on any atom is -0.494 e. The number of aromatic nitrogens is 1. The summed E-state index contributed by atoms with van der Waals surface area (Å²) in [5.74, 6) is -0.0587. The fourth-order valence-electron chi connectivity index (χ4n) is 3.64. The van der Waals surface area contributed by atoms with E-state index in [4.69, 9.17) is 9.47 Å². The summed E-state index contributed by atoms with van der Waals surface area (Å²) in [5, 5.41) is 5.08. The summed E-state index contributed by atoms with van der Waals surface area (Å²) in [5.41, 5.74) is 1.19. The zero-order valence-electron chi connectivity index (χ0n) is 18.1. The van der Waals surface area contributed by atoms with Gasteiger partial charge in [0.2, 0.25) is 5.91 Å². The largest absolute Gasteiger partial charge is 0.494 e. The Labute approximate surface area is 195 Å². The summed E-state index contributed by atoms with van der Waals surface area (Å²) >= 11 is 1.28. The fraction of sp³-hybridized carbons (Fsp3) is 0.292. The Hall–Kier alpha value is -3.46. The van der Waals surface area contributed by atoms with Crippen LogP contribution < -0.4 is 14.8 Å². The van der Waals surface area contributed by atoms with E-state index in [1.165, 1.54) is 24.5 Å². The van der Waals surface area contributed by atoms with Crippen LogP contribution in [0.4, 0.5) is 9.52 Å². The summed E-state index contributed by atoms with van der Waals surface area (Å²) in [4.78, 5) is 31.2. The highest BCUT2D eigenvalue weighted by Gasteiger charge is 2.28. The molecule has 2 heterocycles. The van der Waals surface area contributed by atoms with Crippen LogP contribution in [-0.2, 0) is 9.59 Å². The molecule has 2 amide bonds. The van der Waals surface area contributed by atoms with E-state index in [0.717, 1.165) is 0 Å². The number of nitrogens with one attached hydrogen (secondary N) is 1. The number of ether oxygens (including phenoxy) is 2. The first-order chi connectivity index (χ1) is 16.0. The van der Waals surface area contributed by atoms with Crippen LogP contribution in [0.5, 0.6) is 11.5 Å². The molecule has 0 spiro atoms. The van der Waals surface area contributed by atoms with E-state index < -0.39 is 5.82 Å². The van der Waals surface area contributed by atoms with E-state index in [9.17, 15) is 14.0 Å². The van der Waals surface area contributed by atoms with Crippen LogP contribution in [0.3, 0.4) is 0 Å². The number of rotatable bonds is 7. The van der Waals surface area contributed by atoms with Gasteiger partial charge in [0.25, 0.3) is 5.91 Å². The second kappa shape index (κ2) is 10.4. The molecule has 1 N–H and O–H groups in total. The average molecular weight is 470 g/mol. The number of benzene rings is 2. The highest BCUT2D eigenvalue weighted by molar-refractivity contribution is 7.14. The highest BCUT2D eigenvalue weighted by Crippen LogP contribution is 2.29. The van der Waals surface area contributed by atoms with Gasteiger partial charge in [-0.05, 0) is 43.2 Å². The number of likely N-dealkylation sites (tertiary alicyclic amines) is 1. The van der Waals surface area contributed by atoms with Crippen molar-refractivity contribution in [3.63, 3.8) is 0 Å². The Kier molecular flexibility index (Phi) is 7.19. The number of halogens is 1. The lowest BCUT2D eigenvalue weighted by atomic mass is 9.96. The third kappa shape index (κ3) is 5.67. The summed E-state index contributed by atoms with van der Waals surface area (Å²) in [7, 11) is 1.41. The second-order valence-electron chi connectivity index (χ2n) is 7.63. The lowest BCUT2D eigenvalue weighted by Crippen LogP contribution is -2.43. The molecule has 172 valence electrons. The maximum absolute atomic E-state index is 14.0. The van der Waals surface area contributed by atoms with Crippen molar-refractivity contribution in [2.45, 2.75) is 12.8 Å². The van der Waals surface area contributed by atoms with Gasteiger partial charge in [0, 0.05) is 30.0 Å². The Morgan fingerprint density at radius 2 is 1.94 bits per heavy atom. The number of anilines is 1. The number of carbonyl (C=O) groups excluding carboxylic acids is 2. The van der Waals surface area contributed by atoms with Crippen molar-refractivity contribution in [2.24, 2.45) is 5.92 Å². The number of hydrogen-bond acceptors (Lipinski definition) is 6. The smallest absolute Gasteiger partial charge is 0.260 e. The highest BCUT2D eigenvalue weighted by atomic mass is 32.1. The molecular weight excluding hydrogens is 445 g/mol. The number of piperidine rings is 1. The van der Waals surface area contributed by atoms with Crippen molar-refractivity contribution in [1.82, 2.24) is 9.88 Å². The molecule has 9 heteroatoms. The van der Waals surface area contributed by atoms with Gasteiger partial charge in [0.1, 0.15) is 5.75 Å². The number of nitrogens with zero attached hydrogens (tertiary/aromatic N) is 2. The van der Waals surface area contributed by atoms with Gasteiger partial charge in [-0.2, -0.15) is 0 Å². The number of amides is 2. The zero-order valence-corrected chi connectivity index (χ0v) is 18.9. The first kappa shape index (κ1) is 22.7. The van der Waals surface area contributed by atoms with Gasteiger partial charge >= 0.3 is 0 Å². The average Bonchev–Trinajstić information content (AvgIpc) is 3.31. The van der Waals surface area contributed by atoms with E-state index in [2.05, 4.69) is 10.3 Å². The topological polar surface area (TPSA) is 80.8 Å². The number of hydrogen-bond donors (Lipinski definition) is 1. The molecule has 1 aromatic heterocycles. The summed E-state index contributed by atoms with van der Waals surface area (Å²) < 4.78 is 24.4. The lowest BCUT2D eigenvalue weighted by molar-refractivity contribution is -0.136. The molecule has 7 nitrogen and oxygen atoms in total. The Morgan fingerprint density at radius 3 is 2.64 bits per heavy atom. The quantitative estimate of drug-likeness (QED) is 0.561. The molecular formula is C24H24FN3O4S. The van der Waals surface area contributed by atoms with Crippen LogP contribution in [-0.4, -0.2) is 48.5 Å². The Bertz CT molecular complexity index is 1110. The van der Waals surface area contributed by atoms with E-state index in [1.54, 1.807) is 34.5 Å². The van der Waals surface area contributed by atoms with Gasteiger partial charge in [-0.25, -0.2) is 9.37 Å². The van der Waals surface area contributed by atoms with Gasteiger partial charge in [-0.3, -0.25) is 9.59 Å². The monoisotopic (exact) mass is 469 g/mol. The molecule has 0 bridgehead atoms. The van der Waals surface area contributed by atoms with Crippen molar-refractivity contribution in [3.8, 4) is 22.8 Å². The molecule has 0 unspecified atom stereocenters. The number of thiazole rings is 1. The predicted octanol–water partition coefficient (Wildman–Crippen LogP) is 4.21. The zero-order chi connectivity index (χ0) is 23.2. The lowest BCUT2D eigenvalue weighted by Gasteiger charge is -2.31. The van der Waals surface area contributed by atoms with E-state index in [-0.39, 0.29) is 30.1 Å². The molecule has 1 saturated heterocycles. The first-order valence-electron chi connectivity index (χ1n) is 10.6. The third-order valence-electron chi connectivity index (χ3n) is 5.51. The Balaban J connectivity index is 1.26. The molecule has 2 aromatic carbocycles. The van der Waals surface area contributed by atoms with Crippen molar-refractivity contribution in [2.75, 3.05) is 32.1 Å². The molecule has 0 radical (unpaired) electrons. The SMILES string of the molecule is COc1ccc(-c2csc(NC(=O)C3CCN(C(=O)COc4ccccc4)CC3)n2)cc1F. The van der Waals surface area contributed by atoms with Gasteiger partial charge in [0.05, 0.1) is 12.8 Å².